The molecule has 2 aliphatic carbocycles. The summed E-state index contributed by atoms with van der Waals surface area (Å²) in [7, 11) is 0. The Kier molecular flexibility index (Phi) is 3.29. The van der Waals surface area contributed by atoms with Crippen molar-refractivity contribution in [1.82, 2.24) is 0 Å². The number of para-hydroxylation sites is 1. The number of fused-ring (bicyclic) bond motifs is 12. The molecule has 164 valence electrons. The third-order valence-corrected chi connectivity index (χ3v) is 8.74. The minimum Gasteiger partial charge on any atom is -0.309 e. The molecule has 0 aromatic heterocycles. The molecule has 0 bridgehead atoms. The van der Waals surface area contributed by atoms with Crippen molar-refractivity contribution in [2.75, 3.05) is 4.90 Å². The van der Waals surface area contributed by atoms with E-state index in [0.29, 0.717) is 0 Å². The maximum Gasteiger partial charge on any atom is 0.0538 e. The molecule has 2 heterocycles. The van der Waals surface area contributed by atoms with Gasteiger partial charge in [0.2, 0.25) is 0 Å². The molecule has 5 aromatic carbocycles. The summed E-state index contributed by atoms with van der Waals surface area (Å²) in [5.74, 6) is 0. The van der Waals surface area contributed by atoms with Crippen LogP contribution in [-0.2, 0) is 25.7 Å². The van der Waals surface area contributed by atoms with E-state index in [2.05, 4.69) is 95.9 Å². The maximum absolute atomic E-state index is 2.65. The van der Waals surface area contributed by atoms with Gasteiger partial charge < -0.3 is 4.90 Å². The molecule has 0 atom stereocenters. The standard InChI is InChI=1S/C34H23N/c1-4-10-25-21(8-1)17-30-27(25)14-13-23-18-31-29-16-20-7-2-5-11-26(20)28(29)19-24-15-22-9-3-6-12-32(22)35(33(23)30)34(24)31/h1-14,19H,15-18H2. The van der Waals surface area contributed by atoms with Crippen molar-refractivity contribution in [3.63, 3.8) is 0 Å². The number of nitrogens with zero attached hydrogens (tertiary/aromatic N) is 1. The average molecular weight is 446 g/mol. The highest BCUT2D eigenvalue weighted by molar-refractivity contribution is 5.97. The second-order valence-corrected chi connectivity index (χ2v) is 10.5. The summed E-state index contributed by atoms with van der Waals surface area (Å²) in [4.78, 5) is 2.65. The zero-order valence-corrected chi connectivity index (χ0v) is 19.4. The molecular weight excluding hydrogens is 422 g/mol. The van der Waals surface area contributed by atoms with Gasteiger partial charge in [0.1, 0.15) is 0 Å². The molecule has 0 fully saturated rings. The van der Waals surface area contributed by atoms with E-state index in [0.717, 1.165) is 25.7 Å². The van der Waals surface area contributed by atoms with E-state index in [1.165, 1.54) is 72.7 Å². The fourth-order valence-corrected chi connectivity index (χ4v) is 7.29. The predicted molar refractivity (Wildman–Crippen MR) is 143 cm³/mol. The van der Waals surface area contributed by atoms with E-state index in [9.17, 15) is 0 Å². The molecule has 0 unspecified atom stereocenters. The van der Waals surface area contributed by atoms with Gasteiger partial charge in [-0.15, -0.1) is 0 Å². The van der Waals surface area contributed by atoms with Crippen LogP contribution in [0.1, 0.15) is 44.5 Å². The summed E-state index contributed by atoms with van der Waals surface area (Å²) in [6.07, 6.45) is 4.11. The van der Waals surface area contributed by atoms with Crippen molar-refractivity contribution in [3.8, 4) is 22.3 Å². The van der Waals surface area contributed by atoms with Gasteiger partial charge in [0.05, 0.1) is 11.4 Å². The minimum atomic E-state index is 1.01. The smallest absolute Gasteiger partial charge is 0.0538 e. The van der Waals surface area contributed by atoms with Crippen LogP contribution in [0, 0.1) is 0 Å². The lowest BCUT2D eigenvalue weighted by molar-refractivity contribution is 0.985. The maximum atomic E-state index is 2.65. The molecular formula is C34H23N. The number of rotatable bonds is 0. The quantitative estimate of drug-likeness (QED) is 0.228. The van der Waals surface area contributed by atoms with E-state index < -0.39 is 0 Å². The summed E-state index contributed by atoms with van der Waals surface area (Å²) >= 11 is 0. The third-order valence-electron chi connectivity index (χ3n) is 8.74. The number of hydrogen-bond donors (Lipinski definition) is 0. The number of anilines is 3. The Morgan fingerprint density at radius 2 is 1.03 bits per heavy atom. The van der Waals surface area contributed by atoms with Gasteiger partial charge in [0.15, 0.2) is 0 Å². The first-order valence-corrected chi connectivity index (χ1v) is 12.7. The van der Waals surface area contributed by atoms with Gasteiger partial charge in [-0.25, -0.2) is 0 Å². The second-order valence-electron chi connectivity index (χ2n) is 10.5. The lowest BCUT2D eigenvalue weighted by Crippen LogP contribution is -2.26. The molecule has 5 aromatic rings. The van der Waals surface area contributed by atoms with Gasteiger partial charge >= 0.3 is 0 Å². The van der Waals surface area contributed by atoms with Crippen LogP contribution in [0.3, 0.4) is 0 Å². The van der Waals surface area contributed by atoms with E-state index in [1.54, 1.807) is 11.1 Å². The minimum absolute atomic E-state index is 1.01. The molecule has 9 rings (SSSR count). The zero-order chi connectivity index (χ0) is 22.7. The van der Waals surface area contributed by atoms with Crippen LogP contribution < -0.4 is 4.90 Å². The number of benzene rings is 5. The Morgan fingerprint density at radius 1 is 0.400 bits per heavy atom. The highest BCUT2D eigenvalue weighted by atomic mass is 15.2. The monoisotopic (exact) mass is 445 g/mol. The van der Waals surface area contributed by atoms with E-state index in [1.807, 2.05) is 0 Å². The van der Waals surface area contributed by atoms with Gasteiger partial charge in [-0.2, -0.15) is 0 Å². The lowest BCUT2D eigenvalue weighted by Gasteiger charge is -2.41. The van der Waals surface area contributed by atoms with E-state index >= 15 is 0 Å². The third kappa shape index (κ3) is 2.24. The first-order chi connectivity index (χ1) is 17.3. The summed E-state index contributed by atoms with van der Waals surface area (Å²) < 4.78 is 0. The van der Waals surface area contributed by atoms with Crippen molar-refractivity contribution in [2.45, 2.75) is 25.7 Å². The Labute approximate surface area is 205 Å². The fraction of sp³-hybridized carbons (Fsp3) is 0.118. The molecule has 1 nitrogen and oxygen atoms in total. The van der Waals surface area contributed by atoms with Crippen molar-refractivity contribution in [3.05, 3.63) is 136 Å². The molecule has 0 radical (unpaired) electrons. The molecule has 0 amide bonds. The average Bonchev–Trinajstić information content (AvgIpc) is 3.47. The number of hydrogen-bond acceptors (Lipinski definition) is 1. The molecule has 0 saturated heterocycles. The molecule has 0 N–H and O–H groups in total. The first kappa shape index (κ1) is 18.3. The predicted octanol–water partition coefficient (Wildman–Crippen LogP) is 8.11. The van der Waals surface area contributed by atoms with Crippen LogP contribution in [-0.4, -0.2) is 0 Å². The molecule has 35 heavy (non-hydrogen) atoms. The topological polar surface area (TPSA) is 3.24 Å². The highest BCUT2D eigenvalue weighted by Gasteiger charge is 2.38. The van der Waals surface area contributed by atoms with Crippen LogP contribution in [0.25, 0.3) is 22.3 Å². The van der Waals surface area contributed by atoms with Crippen molar-refractivity contribution in [1.29, 1.82) is 0 Å². The van der Waals surface area contributed by atoms with Gasteiger partial charge in [-0.05, 0) is 85.3 Å². The lowest BCUT2D eigenvalue weighted by atomic mass is 9.81. The summed E-state index contributed by atoms with van der Waals surface area (Å²) in [6.45, 7) is 0. The highest BCUT2D eigenvalue weighted by Crippen LogP contribution is 2.57. The molecule has 2 aliphatic heterocycles. The zero-order valence-electron chi connectivity index (χ0n) is 19.4. The van der Waals surface area contributed by atoms with Crippen LogP contribution in [0.2, 0.25) is 0 Å². The summed E-state index contributed by atoms with van der Waals surface area (Å²) in [5, 5.41) is 0. The Balaban J connectivity index is 1.36. The van der Waals surface area contributed by atoms with Gasteiger partial charge in [-0.1, -0.05) is 78.9 Å². The first-order valence-electron chi connectivity index (χ1n) is 12.7. The van der Waals surface area contributed by atoms with Gasteiger partial charge in [-0.3, -0.25) is 0 Å². The summed E-state index contributed by atoms with van der Waals surface area (Å²) in [6, 6.07) is 34.4. The normalized spacial score (nSPS) is 14.9. The van der Waals surface area contributed by atoms with Crippen LogP contribution in [0.5, 0.6) is 0 Å². The Bertz CT molecular complexity index is 1760. The van der Waals surface area contributed by atoms with E-state index in [4.69, 9.17) is 0 Å². The molecule has 0 spiro atoms. The Morgan fingerprint density at radius 3 is 1.86 bits per heavy atom. The fourth-order valence-electron chi connectivity index (χ4n) is 7.29. The summed E-state index contributed by atoms with van der Waals surface area (Å²) in [5.41, 5.74) is 21.9. The van der Waals surface area contributed by atoms with Gasteiger partial charge in [0.25, 0.3) is 0 Å². The van der Waals surface area contributed by atoms with Crippen LogP contribution in [0.4, 0.5) is 17.1 Å². The van der Waals surface area contributed by atoms with Crippen molar-refractivity contribution < 1.29 is 0 Å². The SMILES string of the molecule is c1ccc2c(c1)Cc1c-2cc2c3c1Cc1ccc4c(c1N3c1ccccc1C2)Cc1ccccc1-4. The van der Waals surface area contributed by atoms with Crippen LogP contribution >= 0.6 is 0 Å². The van der Waals surface area contributed by atoms with Crippen molar-refractivity contribution in [2.24, 2.45) is 0 Å². The Hall–Kier alpha value is -4.10. The molecule has 4 aliphatic rings. The van der Waals surface area contributed by atoms with Gasteiger partial charge in [0, 0.05) is 24.9 Å². The van der Waals surface area contributed by atoms with Crippen LogP contribution in [0.15, 0.2) is 91.0 Å². The van der Waals surface area contributed by atoms with Crippen molar-refractivity contribution >= 4 is 17.1 Å². The van der Waals surface area contributed by atoms with E-state index in [-0.39, 0.29) is 0 Å². The molecule has 1 heteroatoms. The molecule has 0 saturated carbocycles. The second kappa shape index (κ2) is 6.31. The largest absolute Gasteiger partial charge is 0.309 e.